The maximum Gasteiger partial charge on any atom is 0.299 e. The number of hydrogen-bond acceptors (Lipinski definition) is 4. The Kier molecular flexibility index (Phi) is 3.73. The fourth-order valence-electron chi connectivity index (χ4n) is 0.975. The van der Waals surface area contributed by atoms with Gasteiger partial charge in [0.15, 0.2) is 0 Å². The van der Waals surface area contributed by atoms with Crippen LogP contribution in [-0.2, 0) is 5.88 Å². The molecule has 2 rings (SSSR count). The van der Waals surface area contributed by atoms with Crippen molar-refractivity contribution in [1.29, 1.82) is 0 Å². The Balaban J connectivity index is 2.17. The van der Waals surface area contributed by atoms with E-state index >= 15 is 0 Å². The SMILES string of the molecule is Fc1ccc(Oc2nnc(CCl)s2)cc1Br. The van der Waals surface area contributed by atoms with Crippen LogP contribution >= 0.6 is 38.9 Å². The first-order valence-electron chi connectivity index (χ1n) is 4.20. The molecule has 0 amide bonds. The molecule has 0 saturated heterocycles. The molecule has 0 aliphatic carbocycles. The number of hydrogen-bond donors (Lipinski definition) is 0. The van der Waals surface area contributed by atoms with Gasteiger partial charge in [-0.25, -0.2) is 4.39 Å². The molecule has 0 atom stereocenters. The fraction of sp³-hybridized carbons (Fsp3) is 0.111. The third-order valence-electron chi connectivity index (χ3n) is 1.66. The first-order chi connectivity index (χ1) is 7.69. The predicted molar refractivity (Wildman–Crippen MR) is 63.6 cm³/mol. The second-order valence-electron chi connectivity index (χ2n) is 2.77. The number of benzene rings is 1. The Morgan fingerprint density at radius 3 is 2.88 bits per heavy atom. The Labute approximate surface area is 108 Å². The quantitative estimate of drug-likeness (QED) is 0.802. The van der Waals surface area contributed by atoms with E-state index in [0.717, 1.165) is 0 Å². The molecule has 0 unspecified atom stereocenters. The van der Waals surface area contributed by atoms with E-state index in [1.54, 1.807) is 0 Å². The van der Waals surface area contributed by atoms with Crippen molar-refractivity contribution in [2.24, 2.45) is 0 Å². The summed E-state index contributed by atoms with van der Waals surface area (Å²) in [6.07, 6.45) is 0. The van der Waals surface area contributed by atoms with Crippen LogP contribution in [0, 0.1) is 5.82 Å². The van der Waals surface area contributed by atoms with E-state index in [1.165, 1.54) is 29.5 Å². The lowest BCUT2D eigenvalue weighted by Crippen LogP contribution is -1.85. The van der Waals surface area contributed by atoms with Crippen molar-refractivity contribution < 1.29 is 9.13 Å². The van der Waals surface area contributed by atoms with Crippen LogP contribution in [0.2, 0.25) is 0 Å². The minimum Gasteiger partial charge on any atom is -0.430 e. The van der Waals surface area contributed by atoms with E-state index in [9.17, 15) is 4.39 Å². The number of aromatic nitrogens is 2. The van der Waals surface area contributed by atoms with Crippen molar-refractivity contribution in [3.8, 4) is 10.9 Å². The molecule has 1 heterocycles. The maximum atomic E-state index is 13.0. The predicted octanol–water partition coefficient (Wildman–Crippen LogP) is 3.97. The summed E-state index contributed by atoms with van der Waals surface area (Å²) < 4.78 is 18.7. The lowest BCUT2D eigenvalue weighted by Gasteiger charge is -2.01. The molecule has 1 aromatic carbocycles. The molecule has 0 aliphatic rings. The summed E-state index contributed by atoms with van der Waals surface area (Å²) in [6.45, 7) is 0. The minimum absolute atomic E-state index is 0.300. The molecule has 16 heavy (non-hydrogen) atoms. The summed E-state index contributed by atoms with van der Waals surface area (Å²) in [5.74, 6) is 0.449. The molecule has 0 spiro atoms. The van der Waals surface area contributed by atoms with Crippen molar-refractivity contribution in [1.82, 2.24) is 10.2 Å². The van der Waals surface area contributed by atoms with E-state index in [1.807, 2.05) is 0 Å². The van der Waals surface area contributed by atoms with E-state index in [2.05, 4.69) is 26.1 Å². The molecular formula is C9H5BrClFN2OS. The lowest BCUT2D eigenvalue weighted by molar-refractivity contribution is 0.470. The summed E-state index contributed by atoms with van der Waals surface area (Å²) in [4.78, 5) is 0. The van der Waals surface area contributed by atoms with Gasteiger partial charge < -0.3 is 4.74 Å². The van der Waals surface area contributed by atoms with Gasteiger partial charge >= 0.3 is 0 Å². The monoisotopic (exact) mass is 322 g/mol. The van der Waals surface area contributed by atoms with Gasteiger partial charge in [-0.05, 0) is 34.1 Å². The number of nitrogens with zero attached hydrogens (tertiary/aromatic N) is 2. The van der Waals surface area contributed by atoms with Crippen molar-refractivity contribution in [2.45, 2.75) is 5.88 Å². The highest BCUT2D eigenvalue weighted by atomic mass is 79.9. The summed E-state index contributed by atoms with van der Waals surface area (Å²) in [7, 11) is 0. The molecule has 0 saturated carbocycles. The number of ether oxygens (including phenoxy) is 1. The number of rotatable bonds is 3. The molecule has 7 heteroatoms. The van der Waals surface area contributed by atoms with Crippen LogP contribution in [0.1, 0.15) is 5.01 Å². The van der Waals surface area contributed by atoms with Crippen molar-refractivity contribution in [2.75, 3.05) is 0 Å². The van der Waals surface area contributed by atoms with Crippen LogP contribution in [0.5, 0.6) is 10.9 Å². The largest absolute Gasteiger partial charge is 0.430 e. The summed E-state index contributed by atoms with van der Waals surface area (Å²) in [6, 6.07) is 4.35. The first-order valence-corrected chi connectivity index (χ1v) is 6.34. The molecule has 2 aromatic rings. The van der Waals surface area contributed by atoms with Crippen LogP contribution < -0.4 is 4.74 Å². The van der Waals surface area contributed by atoms with E-state index in [0.29, 0.717) is 26.3 Å². The van der Waals surface area contributed by atoms with Gasteiger partial charge in [-0.2, -0.15) is 0 Å². The van der Waals surface area contributed by atoms with Crippen LogP contribution in [0.3, 0.4) is 0 Å². The fourth-order valence-corrected chi connectivity index (χ4v) is 2.11. The van der Waals surface area contributed by atoms with Crippen molar-refractivity contribution >= 4 is 38.9 Å². The van der Waals surface area contributed by atoms with Crippen molar-refractivity contribution in [3.05, 3.63) is 33.5 Å². The van der Waals surface area contributed by atoms with Gasteiger partial charge in [0.25, 0.3) is 5.19 Å². The van der Waals surface area contributed by atoms with Gasteiger partial charge in [0, 0.05) is 0 Å². The maximum absolute atomic E-state index is 13.0. The van der Waals surface area contributed by atoms with E-state index in [4.69, 9.17) is 16.3 Å². The second-order valence-corrected chi connectivity index (χ2v) is 4.92. The molecular weight excluding hydrogens is 319 g/mol. The van der Waals surface area contributed by atoms with Gasteiger partial charge in [0.05, 0.1) is 10.4 Å². The normalized spacial score (nSPS) is 10.4. The third-order valence-corrected chi connectivity index (χ3v) is 3.48. The highest BCUT2D eigenvalue weighted by Gasteiger charge is 2.07. The van der Waals surface area contributed by atoms with Gasteiger partial charge in [0.1, 0.15) is 16.6 Å². The zero-order valence-corrected chi connectivity index (χ0v) is 10.9. The molecule has 0 fully saturated rings. The smallest absolute Gasteiger partial charge is 0.299 e. The van der Waals surface area contributed by atoms with Gasteiger partial charge in [-0.3, -0.25) is 0 Å². The molecule has 0 bridgehead atoms. The average Bonchev–Trinajstić information content (AvgIpc) is 2.71. The van der Waals surface area contributed by atoms with Crippen LogP contribution in [0.4, 0.5) is 4.39 Å². The summed E-state index contributed by atoms with van der Waals surface area (Å²) >= 11 is 9.91. The topological polar surface area (TPSA) is 35.0 Å². The highest BCUT2D eigenvalue weighted by molar-refractivity contribution is 9.10. The zero-order chi connectivity index (χ0) is 11.5. The minimum atomic E-state index is -0.342. The summed E-state index contributed by atoms with van der Waals surface area (Å²) in [5, 5.41) is 8.65. The van der Waals surface area contributed by atoms with Crippen LogP contribution in [-0.4, -0.2) is 10.2 Å². The van der Waals surface area contributed by atoms with Crippen molar-refractivity contribution in [3.63, 3.8) is 0 Å². The second kappa shape index (κ2) is 5.07. The average molecular weight is 324 g/mol. The molecule has 1 aromatic heterocycles. The molecule has 0 N–H and O–H groups in total. The van der Waals surface area contributed by atoms with Gasteiger partial charge in [-0.15, -0.1) is 16.7 Å². The number of halogens is 3. The van der Waals surface area contributed by atoms with Gasteiger partial charge in [-0.1, -0.05) is 16.4 Å². The molecule has 0 aliphatic heterocycles. The van der Waals surface area contributed by atoms with Gasteiger partial charge in [0.2, 0.25) is 0 Å². The van der Waals surface area contributed by atoms with Crippen LogP contribution in [0.15, 0.2) is 22.7 Å². The number of alkyl halides is 1. The molecule has 0 radical (unpaired) electrons. The highest BCUT2D eigenvalue weighted by Crippen LogP contribution is 2.28. The lowest BCUT2D eigenvalue weighted by atomic mass is 10.3. The Morgan fingerprint density at radius 1 is 1.44 bits per heavy atom. The van der Waals surface area contributed by atoms with E-state index < -0.39 is 0 Å². The van der Waals surface area contributed by atoms with E-state index in [-0.39, 0.29) is 5.82 Å². The third kappa shape index (κ3) is 2.69. The standard InChI is InChI=1S/C9H5BrClFN2OS/c10-6-3-5(1-2-7(6)12)15-9-14-13-8(4-11)16-9/h1-3H,4H2. The zero-order valence-electron chi connectivity index (χ0n) is 7.78. The molecule has 3 nitrogen and oxygen atoms in total. The Morgan fingerprint density at radius 2 is 2.25 bits per heavy atom. The first kappa shape index (κ1) is 11.8. The Bertz CT molecular complexity index is 508. The summed E-state index contributed by atoms with van der Waals surface area (Å²) in [5.41, 5.74) is 0. The Hall–Kier alpha value is -0.720. The van der Waals surface area contributed by atoms with Crippen LogP contribution in [0.25, 0.3) is 0 Å². The molecule has 84 valence electrons.